The number of amides is 1. The summed E-state index contributed by atoms with van der Waals surface area (Å²) in [7, 11) is 0. The van der Waals surface area contributed by atoms with Crippen molar-refractivity contribution in [2.45, 2.75) is 13.8 Å². The molecule has 1 amide bonds. The Morgan fingerprint density at radius 1 is 1.30 bits per heavy atom. The molecule has 2 aromatic carbocycles. The summed E-state index contributed by atoms with van der Waals surface area (Å²) in [4.78, 5) is 16.4. The number of rotatable bonds is 4. The second-order valence-corrected chi connectivity index (χ2v) is 6.27. The zero-order valence-electron chi connectivity index (χ0n) is 12.7. The highest BCUT2D eigenvalue weighted by Crippen LogP contribution is 2.29. The lowest BCUT2D eigenvalue weighted by Crippen LogP contribution is -2.20. The highest BCUT2D eigenvalue weighted by Gasteiger charge is 2.10. The molecule has 3 aromatic rings. The van der Waals surface area contributed by atoms with Gasteiger partial charge >= 0.3 is 0 Å². The fraction of sp³-hybridized carbons (Fsp3) is 0.176. The number of aryl methyl sites for hydroxylation is 2. The molecule has 0 bridgehead atoms. The van der Waals surface area contributed by atoms with Crippen molar-refractivity contribution in [1.29, 1.82) is 0 Å². The van der Waals surface area contributed by atoms with Gasteiger partial charge in [-0.15, -0.1) is 0 Å². The molecule has 0 unspecified atom stereocenters. The lowest BCUT2D eigenvalue weighted by molar-refractivity contribution is -0.118. The average molecular weight is 330 g/mol. The lowest BCUT2D eigenvalue weighted by atomic mass is 10.1. The Bertz CT molecular complexity index is 876. The third kappa shape index (κ3) is 3.65. The van der Waals surface area contributed by atoms with Crippen LogP contribution in [0.15, 0.2) is 36.4 Å². The number of hydrogen-bond donors (Lipinski definition) is 1. The number of anilines is 1. The van der Waals surface area contributed by atoms with E-state index < -0.39 is 5.82 Å². The van der Waals surface area contributed by atoms with Gasteiger partial charge in [0.25, 0.3) is 5.91 Å². The Morgan fingerprint density at radius 2 is 2.13 bits per heavy atom. The summed E-state index contributed by atoms with van der Waals surface area (Å²) in [5, 5.41) is 3.24. The summed E-state index contributed by atoms with van der Waals surface area (Å²) in [6, 6.07) is 9.77. The molecule has 0 radical (unpaired) electrons. The Hall–Kier alpha value is -2.47. The van der Waals surface area contributed by atoms with E-state index in [1.807, 2.05) is 19.9 Å². The van der Waals surface area contributed by atoms with Crippen molar-refractivity contribution < 1.29 is 13.9 Å². The smallest absolute Gasteiger partial charge is 0.264 e. The largest absolute Gasteiger partial charge is 0.484 e. The van der Waals surface area contributed by atoms with Crippen LogP contribution in [0.4, 0.5) is 9.52 Å². The van der Waals surface area contributed by atoms with E-state index in [1.54, 1.807) is 6.07 Å². The fourth-order valence-electron chi connectivity index (χ4n) is 2.29. The van der Waals surface area contributed by atoms with E-state index in [-0.39, 0.29) is 12.5 Å². The van der Waals surface area contributed by atoms with Crippen LogP contribution in [-0.4, -0.2) is 17.5 Å². The molecule has 0 aliphatic rings. The molecular weight excluding hydrogens is 315 g/mol. The molecule has 4 nitrogen and oxygen atoms in total. The predicted octanol–water partition coefficient (Wildman–Crippen LogP) is 4.07. The highest BCUT2D eigenvalue weighted by molar-refractivity contribution is 7.22. The summed E-state index contributed by atoms with van der Waals surface area (Å²) in [6.07, 6.45) is 0. The molecule has 0 saturated carbocycles. The number of carbonyl (C=O) groups excluding carboxylic acids is 1. The van der Waals surface area contributed by atoms with Crippen molar-refractivity contribution in [3.05, 3.63) is 53.3 Å². The summed E-state index contributed by atoms with van der Waals surface area (Å²) in [6.45, 7) is 3.82. The van der Waals surface area contributed by atoms with E-state index in [0.717, 1.165) is 21.3 Å². The number of halogens is 1. The summed E-state index contributed by atoms with van der Waals surface area (Å²) in [5.41, 5.74) is 3.13. The number of ether oxygens (including phenoxy) is 1. The van der Waals surface area contributed by atoms with Gasteiger partial charge in [0, 0.05) is 6.07 Å². The van der Waals surface area contributed by atoms with Crippen LogP contribution in [0.2, 0.25) is 0 Å². The number of fused-ring (bicyclic) bond motifs is 1. The molecular formula is C17H15FN2O2S. The first-order valence-corrected chi connectivity index (χ1v) is 7.89. The molecule has 0 spiro atoms. The van der Waals surface area contributed by atoms with Gasteiger partial charge in [0.1, 0.15) is 11.6 Å². The third-order valence-corrected chi connectivity index (χ3v) is 4.16. The van der Waals surface area contributed by atoms with Crippen LogP contribution in [0.5, 0.6) is 5.75 Å². The SMILES string of the molecule is Cc1cc(C)c2nc(NC(=O)COc3cccc(F)c3)sc2c1. The number of aromatic nitrogens is 1. The number of hydrogen-bond acceptors (Lipinski definition) is 4. The van der Waals surface area contributed by atoms with Gasteiger partial charge in [-0.3, -0.25) is 10.1 Å². The number of carbonyl (C=O) groups is 1. The molecule has 0 aliphatic heterocycles. The van der Waals surface area contributed by atoms with Gasteiger partial charge in [-0.25, -0.2) is 9.37 Å². The van der Waals surface area contributed by atoms with Gasteiger partial charge in [0.2, 0.25) is 0 Å². The number of nitrogens with one attached hydrogen (secondary N) is 1. The van der Waals surface area contributed by atoms with Gasteiger partial charge < -0.3 is 4.74 Å². The summed E-state index contributed by atoms with van der Waals surface area (Å²) < 4.78 is 19.3. The van der Waals surface area contributed by atoms with E-state index in [4.69, 9.17) is 4.74 Å². The van der Waals surface area contributed by atoms with Crippen LogP contribution in [0.1, 0.15) is 11.1 Å². The van der Waals surface area contributed by atoms with E-state index in [0.29, 0.717) is 10.9 Å². The minimum atomic E-state index is -0.403. The molecule has 0 fully saturated rings. The topological polar surface area (TPSA) is 51.2 Å². The summed E-state index contributed by atoms with van der Waals surface area (Å²) in [5.74, 6) is -0.418. The summed E-state index contributed by atoms with van der Waals surface area (Å²) >= 11 is 1.42. The third-order valence-electron chi connectivity index (χ3n) is 3.24. The predicted molar refractivity (Wildman–Crippen MR) is 89.6 cm³/mol. The van der Waals surface area contributed by atoms with Crippen molar-refractivity contribution in [2.75, 3.05) is 11.9 Å². The molecule has 1 aromatic heterocycles. The van der Waals surface area contributed by atoms with Crippen LogP contribution in [-0.2, 0) is 4.79 Å². The Morgan fingerprint density at radius 3 is 2.91 bits per heavy atom. The molecule has 23 heavy (non-hydrogen) atoms. The Balaban J connectivity index is 1.67. The van der Waals surface area contributed by atoms with Crippen LogP contribution < -0.4 is 10.1 Å². The van der Waals surface area contributed by atoms with E-state index >= 15 is 0 Å². The molecule has 1 N–H and O–H groups in total. The first kappa shape index (κ1) is 15.4. The first-order valence-electron chi connectivity index (χ1n) is 7.07. The van der Waals surface area contributed by atoms with Crippen molar-refractivity contribution in [3.8, 4) is 5.75 Å². The number of nitrogens with zero attached hydrogens (tertiary/aromatic N) is 1. The standard InChI is InChI=1S/C17H15FN2O2S/c1-10-6-11(2)16-14(7-10)23-17(20-16)19-15(21)9-22-13-5-3-4-12(18)8-13/h3-8H,9H2,1-2H3,(H,19,20,21). The van der Waals surface area contributed by atoms with Gasteiger partial charge in [0.15, 0.2) is 11.7 Å². The maximum atomic E-state index is 13.0. The molecule has 0 atom stereocenters. The molecule has 0 saturated heterocycles. The molecule has 0 aliphatic carbocycles. The first-order chi connectivity index (χ1) is 11.0. The monoisotopic (exact) mass is 330 g/mol. The van der Waals surface area contributed by atoms with Gasteiger partial charge in [-0.1, -0.05) is 23.5 Å². The van der Waals surface area contributed by atoms with Crippen LogP contribution in [0.3, 0.4) is 0 Å². The van der Waals surface area contributed by atoms with Gasteiger partial charge in [-0.2, -0.15) is 0 Å². The molecule has 118 valence electrons. The minimum Gasteiger partial charge on any atom is -0.484 e. The van der Waals surface area contributed by atoms with Gasteiger partial charge in [0.05, 0.1) is 10.2 Å². The van der Waals surface area contributed by atoms with Crippen molar-refractivity contribution in [3.63, 3.8) is 0 Å². The average Bonchev–Trinajstić information content (AvgIpc) is 2.88. The van der Waals surface area contributed by atoms with Crippen molar-refractivity contribution >= 4 is 32.6 Å². The Labute approximate surface area is 136 Å². The second-order valence-electron chi connectivity index (χ2n) is 5.24. The van der Waals surface area contributed by atoms with Gasteiger partial charge in [-0.05, 0) is 43.2 Å². The molecule has 6 heteroatoms. The van der Waals surface area contributed by atoms with E-state index in [9.17, 15) is 9.18 Å². The zero-order valence-corrected chi connectivity index (χ0v) is 13.5. The van der Waals surface area contributed by atoms with Crippen LogP contribution in [0, 0.1) is 19.7 Å². The number of thiazole rings is 1. The number of benzene rings is 2. The molecule has 1 heterocycles. The normalized spacial score (nSPS) is 10.7. The minimum absolute atomic E-state index is 0.197. The lowest BCUT2D eigenvalue weighted by Gasteiger charge is -2.05. The molecule has 3 rings (SSSR count). The van der Waals surface area contributed by atoms with Crippen molar-refractivity contribution in [1.82, 2.24) is 4.98 Å². The van der Waals surface area contributed by atoms with Crippen LogP contribution >= 0.6 is 11.3 Å². The maximum Gasteiger partial charge on any atom is 0.264 e. The Kier molecular flexibility index (Phi) is 4.25. The van der Waals surface area contributed by atoms with E-state index in [2.05, 4.69) is 16.4 Å². The van der Waals surface area contributed by atoms with E-state index in [1.165, 1.54) is 29.5 Å². The highest BCUT2D eigenvalue weighted by atomic mass is 32.1. The fourth-order valence-corrected chi connectivity index (χ4v) is 3.34. The zero-order chi connectivity index (χ0) is 16.4. The second kappa shape index (κ2) is 6.34. The van der Waals surface area contributed by atoms with Crippen LogP contribution in [0.25, 0.3) is 10.2 Å². The van der Waals surface area contributed by atoms with Crippen molar-refractivity contribution in [2.24, 2.45) is 0 Å². The maximum absolute atomic E-state index is 13.0. The quantitative estimate of drug-likeness (QED) is 0.784.